The third-order valence-corrected chi connectivity index (χ3v) is 3.15. The van der Waals surface area contributed by atoms with Crippen molar-refractivity contribution < 1.29 is 29.1 Å². The molecule has 0 saturated carbocycles. The minimum absolute atomic E-state index is 0.0408. The maximum atomic E-state index is 12.1. The second-order valence-electron chi connectivity index (χ2n) is 4.53. The number of para-hydroxylation sites is 2. The first-order valence-corrected chi connectivity index (χ1v) is 6.47. The number of nitro groups is 1. The van der Waals surface area contributed by atoms with E-state index in [4.69, 9.17) is 14.6 Å². The second kappa shape index (κ2) is 6.85. The summed E-state index contributed by atoms with van der Waals surface area (Å²) in [7, 11) is 0. The van der Waals surface area contributed by atoms with Gasteiger partial charge in [-0.15, -0.1) is 0 Å². The van der Waals surface area contributed by atoms with Gasteiger partial charge < -0.3 is 19.5 Å². The molecule has 0 spiro atoms. The van der Waals surface area contributed by atoms with Crippen LogP contribution in [0.3, 0.4) is 0 Å². The monoisotopic (exact) mass is 310 g/mol. The standard InChI is InChI=1S/C13H14N2O7/c16-12(14-5-6-21-7-10(14)13(17)18)8-22-11-4-2-1-3-9(11)15(19)20/h1-4,10H,5-8H2,(H,17,18). The normalized spacial score (nSPS) is 17.8. The van der Waals surface area contributed by atoms with Crippen LogP contribution in [0.5, 0.6) is 5.75 Å². The van der Waals surface area contributed by atoms with Gasteiger partial charge in [-0.05, 0) is 6.07 Å². The highest BCUT2D eigenvalue weighted by molar-refractivity contribution is 5.84. The Bertz CT molecular complexity index is 590. The predicted molar refractivity (Wildman–Crippen MR) is 72.5 cm³/mol. The average Bonchev–Trinajstić information content (AvgIpc) is 2.52. The number of hydrogen-bond acceptors (Lipinski definition) is 6. The zero-order valence-electron chi connectivity index (χ0n) is 11.5. The summed E-state index contributed by atoms with van der Waals surface area (Å²) in [5.74, 6) is -1.77. The summed E-state index contributed by atoms with van der Waals surface area (Å²) in [6, 6.07) is 4.58. The molecular weight excluding hydrogens is 296 g/mol. The van der Waals surface area contributed by atoms with Gasteiger partial charge >= 0.3 is 11.7 Å². The molecule has 1 unspecified atom stereocenters. The summed E-state index contributed by atoms with van der Waals surface area (Å²) < 4.78 is 10.2. The molecule has 0 radical (unpaired) electrons. The van der Waals surface area contributed by atoms with Gasteiger partial charge in [-0.1, -0.05) is 12.1 Å². The summed E-state index contributed by atoms with van der Waals surface area (Å²) in [6.07, 6.45) is 0. The van der Waals surface area contributed by atoms with Crippen molar-refractivity contribution in [2.75, 3.05) is 26.4 Å². The number of carbonyl (C=O) groups is 2. The Labute approximate surface area is 125 Å². The van der Waals surface area contributed by atoms with E-state index in [-0.39, 0.29) is 31.2 Å². The van der Waals surface area contributed by atoms with Crippen molar-refractivity contribution >= 4 is 17.6 Å². The minimum atomic E-state index is -1.17. The van der Waals surface area contributed by atoms with E-state index in [1.165, 1.54) is 18.2 Å². The number of benzene rings is 1. The highest BCUT2D eigenvalue weighted by atomic mass is 16.6. The molecule has 1 atom stereocenters. The zero-order chi connectivity index (χ0) is 16.1. The van der Waals surface area contributed by atoms with Gasteiger partial charge in [0.2, 0.25) is 0 Å². The van der Waals surface area contributed by atoms with E-state index in [0.717, 1.165) is 4.90 Å². The third-order valence-electron chi connectivity index (χ3n) is 3.15. The lowest BCUT2D eigenvalue weighted by Gasteiger charge is -2.32. The Morgan fingerprint density at radius 2 is 2.18 bits per heavy atom. The molecule has 0 aliphatic carbocycles. The van der Waals surface area contributed by atoms with Gasteiger partial charge in [0.15, 0.2) is 18.4 Å². The summed E-state index contributed by atoms with van der Waals surface area (Å²) in [5.41, 5.74) is -0.257. The van der Waals surface area contributed by atoms with Crippen LogP contribution in [-0.4, -0.2) is 59.2 Å². The number of rotatable bonds is 5. The molecule has 0 bridgehead atoms. The summed E-state index contributed by atoms with van der Waals surface area (Å²) in [4.78, 5) is 34.5. The Morgan fingerprint density at radius 3 is 2.86 bits per heavy atom. The first-order valence-electron chi connectivity index (χ1n) is 6.47. The van der Waals surface area contributed by atoms with E-state index < -0.39 is 29.4 Å². The molecule has 22 heavy (non-hydrogen) atoms. The van der Waals surface area contributed by atoms with Crippen molar-refractivity contribution in [3.63, 3.8) is 0 Å². The molecule has 1 aliphatic heterocycles. The van der Waals surface area contributed by atoms with Crippen molar-refractivity contribution in [2.24, 2.45) is 0 Å². The van der Waals surface area contributed by atoms with Crippen LogP contribution in [-0.2, 0) is 14.3 Å². The summed E-state index contributed by atoms with van der Waals surface area (Å²) in [5, 5.41) is 19.9. The van der Waals surface area contributed by atoms with E-state index in [1.807, 2.05) is 0 Å². The molecular formula is C13H14N2O7. The second-order valence-corrected chi connectivity index (χ2v) is 4.53. The zero-order valence-corrected chi connectivity index (χ0v) is 11.5. The van der Waals surface area contributed by atoms with Crippen LogP contribution >= 0.6 is 0 Å². The van der Waals surface area contributed by atoms with E-state index in [1.54, 1.807) is 6.07 Å². The van der Waals surface area contributed by atoms with Gasteiger partial charge in [0, 0.05) is 12.6 Å². The number of amides is 1. The van der Waals surface area contributed by atoms with Crippen molar-refractivity contribution in [3.8, 4) is 5.75 Å². The molecule has 1 saturated heterocycles. The van der Waals surface area contributed by atoms with Gasteiger partial charge in [-0.2, -0.15) is 0 Å². The fourth-order valence-corrected chi connectivity index (χ4v) is 2.06. The van der Waals surface area contributed by atoms with Crippen LogP contribution in [0.4, 0.5) is 5.69 Å². The van der Waals surface area contributed by atoms with Crippen molar-refractivity contribution in [3.05, 3.63) is 34.4 Å². The van der Waals surface area contributed by atoms with Crippen LogP contribution < -0.4 is 4.74 Å². The number of nitrogens with zero attached hydrogens (tertiary/aromatic N) is 2. The quantitative estimate of drug-likeness (QED) is 0.613. The molecule has 2 rings (SSSR count). The largest absolute Gasteiger partial charge is 0.480 e. The summed E-state index contributed by atoms with van der Waals surface area (Å²) >= 11 is 0. The van der Waals surface area contributed by atoms with E-state index >= 15 is 0 Å². The van der Waals surface area contributed by atoms with Gasteiger partial charge in [0.05, 0.1) is 18.1 Å². The Balaban J connectivity index is 2.03. The number of hydrogen-bond donors (Lipinski definition) is 1. The molecule has 118 valence electrons. The fourth-order valence-electron chi connectivity index (χ4n) is 2.06. The fraction of sp³-hybridized carbons (Fsp3) is 0.385. The van der Waals surface area contributed by atoms with Crippen LogP contribution in [0.1, 0.15) is 0 Å². The lowest BCUT2D eigenvalue weighted by Crippen LogP contribution is -2.53. The number of ether oxygens (including phenoxy) is 2. The van der Waals surface area contributed by atoms with E-state index in [9.17, 15) is 19.7 Å². The number of nitro benzene ring substituents is 1. The van der Waals surface area contributed by atoms with E-state index in [0.29, 0.717) is 0 Å². The lowest BCUT2D eigenvalue weighted by atomic mass is 10.2. The number of carboxylic acids is 1. The summed E-state index contributed by atoms with van der Waals surface area (Å²) in [6.45, 7) is -0.196. The first-order chi connectivity index (χ1) is 10.5. The Morgan fingerprint density at radius 1 is 1.45 bits per heavy atom. The van der Waals surface area contributed by atoms with Crippen LogP contribution in [0, 0.1) is 10.1 Å². The lowest BCUT2D eigenvalue weighted by molar-refractivity contribution is -0.385. The Hall–Kier alpha value is -2.68. The topological polar surface area (TPSA) is 119 Å². The highest BCUT2D eigenvalue weighted by Crippen LogP contribution is 2.25. The van der Waals surface area contributed by atoms with Crippen LogP contribution in [0.15, 0.2) is 24.3 Å². The van der Waals surface area contributed by atoms with Gasteiger partial charge in [0.25, 0.3) is 5.91 Å². The van der Waals surface area contributed by atoms with Crippen molar-refractivity contribution in [1.82, 2.24) is 4.90 Å². The smallest absolute Gasteiger partial charge is 0.328 e. The van der Waals surface area contributed by atoms with Crippen molar-refractivity contribution in [2.45, 2.75) is 6.04 Å². The number of morpholine rings is 1. The molecule has 9 nitrogen and oxygen atoms in total. The van der Waals surface area contributed by atoms with Crippen LogP contribution in [0.2, 0.25) is 0 Å². The number of carboxylic acid groups (broad SMARTS) is 1. The van der Waals surface area contributed by atoms with Gasteiger partial charge in [-0.3, -0.25) is 14.9 Å². The maximum absolute atomic E-state index is 12.1. The van der Waals surface area contributed by atoms with E-state index in [2.05, 4.69) is 0 Å². The van der Waals surface area contributed by atoms with Crippen molar-refractivity contribution in [1.29, 1.82) is 0 Å². The highest BCUT2D eigenvalue weighted by Gasteiger charge is 2.33. The SMILES string of the molecule is O=C(O)C1COCCN1C(=O)COc1ccccc1[N+](=O)[O-]. The number of aliphatic carboxylic acids is 1. The molecule has 1 heterocycles. The minimum Gasteiger partial charge on any atom is -0.480 e. The molecule has 9 heteroatoms. The average molecular weight is 310 g/mol. The molecule has 1 aromatic carbocycles. The third kappa shape index (κ3) is 3.50. The molecule has 1 fully saturated rings. The maximum Gasteiger partial charge on any atom is 0.328 e. The molecule has 1 aromatic rings. The molecule has 1 aliphatic rings. The molecule has 1 N–H and O–H groups in total. The molecule has 0 aromatic heterocycles. The molecule has 1 amide bonds. The van der Waals surface area contributed by atoms with Gasteiger partial charge in [-0.25, -0.2) is 4.79 Å². The Kier molecular flexibility index (Phi) is 4.89. The van der Waals surface area contributed by atoms with Crippen LogP contribution in [0.25, 0.3) is 0 Å². The predicted octanol–water partition coefficient (Wildman–Crippen LogP) is 0.286. The van der Waals surface area contributed by atoms with Gasteiger partial charge in [0.1, 0.15) is 0 Å². The number of carbonyl (C=O) groups excluding carboxylic acids is 1. The first kappa shape index (κ1) is 15.7.